The van der Waals surface area contributed by atoms with Crippen LogP contribution in [-0.2, 0) is 9.53 Å². The maximum Gasteiger partial charge on any atom is 0.137 e. The first kappa shape index (κ1) is 20.4. The zero-order valence-electron chi connectivity index (χ0n) is 16.2. The summed E-state index contributed by atoms with van der Waals surface area (Å²) in [6, 6.07) is 0. The summed E-state index contributed by atoms with van der Waals surface area (Å²) in [7, 11) is 0. The number of hydrogen-bond acceptors (Lipinski definition) is 3. The highest BCUT2D eigenvalue weighted by atomic mass is 32.2. The fourth-order valence-corrected chi connectivity index (χ4v) is 4.25. The van der Waals surface area contributed by atoms with Gasteiger partial charge in [-0.2, -0.15) is 0 Å². The van der Waals surface area contributed by atoms with Crippen molar-refractivity contribution in [3.63, 3.8) is 0 Å². The van der Waals surface area contributed by atoms with E-state index in [2.05, 4.69) is 39.5 Å². The van der Waals surface area contributed by atoms with Gasteiger partial charge in [-0.15, -0.1) is 11.8 Å². The molecule has 2 rings (SSSR count). The summed E-state index contributed by atoms with van der Waals surface area (Å²) < 4.78 is 5.73. The van der Waals surface area contributed by atoms with E-state index in [1.165, 1.54) is 42.6 Å². The third-order valence-electron chi connectivity index (χ3n) is 5.06. The summed E-state index contributed by atoms with van der Waals surface area (Å²) in [5.74, 6) is 2.86. The molecular formula is C22H34O2S. The summed E-state index contributed by atoms with van der Waals surface area (Å²) in [6.07, 6.45) is 13.2. The van der Waals surface area contributed by atoms with E-state index in [9.17, 15) is 4.79 Å². The maximum absolute atomic E-state index is 12.3. The molecule has 0 atom stereocenters. The lowest BCUT2D eigenvalue weighted by atomic mass is 9.85. The van der Waals surface area contributed by atoms with Crippen molar-refractivity contribution in [2.75, 3.05) is 12.4 Å². The maximum atomic E-state index is 12.3. The van der Waals surface area contributed by atoms with Crippen LogP contribution in [0.2, 0.25) is 0 Å². The number of carbonyl (C=O) groups is 1. The number of rotatable bonds is 9. The van der Waals surface area contributed by atoms with Gasteiger partial charge >= 0.3 is 0 Å². The Hall–Kier alpha value is -0.960. The second kappa shape index (κ2) is 9.66. The molecule has 0 saturated heterocycles. The van der Waals surface area contributed by atoms with Gasteiger partial charge in [-0.25, -0.2) is 0 Å². The molecule has 0 aromatic rings. The Morgan fingerprint density at radius 2 is 1.96 bits per heavy atom. The first-order valence-electron chi connectivity index (χ1n) is 9.70. The van der Waals surface area contributed by atoms with Gasteiger partial charge in [-0.05, 0) is 10.8 Å². The van der Waals surface area contributed by atoms with Gasteiger partial charge in [0, 0.05) is 30.4 Å². The minimum atomic E-state index is 0.00468. The zero-order valence-corrected chi connectivity index (χ0v) is 17.1. The molecule has 0 amide bonds. The molecule has 140 valence electrons. The van der Waals surface area contributed by atoms with E-state index in [1.54, 1.807) is 0 Å². The third kappa shape index (κ3) is 7.43. The average molecular weight is 363 g/mol. The quantitative estimate of drug-likeness (QED) is 0.349. The van der Waals surface area contributed by atoms with Crippen LogP contribution in [0.3, 0.4) is 0 Å². The van der Waals surface area contributed by atoms with Crippen LogP contribution in [0.5, 0.6) is 0 Å². The van der Waals surface area contributed by atoms with Crippen LogP contribution < -0.4 is 0 Å². The highest BCUT2D eigenvalue weighted by Crippen LogP contribution is 2.32. The number of thioether (sulfide) groups is 1. The Morgan fingerprint density at radius 3 is 2.64 bits per heavy atom. The number of carbonyl (C=O) groups excluding carboxylic acids is 1. The van der Waals surface area contributed by atoms with E-state index in [0.717, 1.165) is 24.4 Å². The standard InChI is InChI=1S/C22H34O2S/c1-17(22(2,3)4)24-12-13-25-21-11-10-19(16-21)15-20(23)14-18-8-6-5-7-9-18/h10-11,18H,1,5-9,12-16H2,2-4H3. The van der Waals surface area contributed by atoms with Gasteiger partial charge in [-0.3, -0.25) is 4.79 Å². The van der Waals surface area contributed by atoms with Gasteiger partial charge in [0.1, 0.15) is 5.78 Å². The second-order valence-corrected chi connectivity index (χ2v) is 9.65. The van der Waals surface area contributed by atoms with Crippen molar-refractivity contribution in [3.8, 4) is 0 Å². The van der Waals surface area contributed by atoms with Crippen molar-refractivity contribution >= 4 is 17.5 Å². The molecule has 2 aliphatic rings. The number of allylic oxidation sites excluding steroid dienone is 5. The van der Waals surface area contributed by atoms with Crippen LogP contribution in [-0.4, -0.2) is 18.1 Å². The van der Waals surface area contributed by atoms with Crippen LogP contribution in [0.25, 0.3) is 0 Å². The third-order valence-corrected chi connectivity index (χ3v) is 6.08. The lowest BCUT2D eigenvalue weighted by Gasteiger charge is -2.22. The number of ketones is 1. The number of Topliss-reactive ketones (excluding diaryl/α,β-unsaturated/α-hetero) is 1. The molecule has 0 unspecified atom stereocenters. The van der Waals surface area contributed by atoms with Crippen molar-refractivity contribution in [2.45, 2.75) is 72.1 Å². The second-order valence-electron chi connectivity index (χ2n) is 8.43. The highest BCUT2D eigenvalue weighted by molar-refractivity contribution is 8.03. The summed E-state index contributed by atoms with van der Waals surface area (Å²) in [6.45, 7) is 11.0. The lowest BCUT2D eigenvalue weighted by Crippen LogP contribution is -2.12. The zero-order chi connectivity index (χ0) is 18.3. The molecule has 0 aliphatic heterocycles. The summed E-state index contributed by atoms with van der Waals surface area (Å²) in [5, 5.41) is 0. The van der Waals surface area contributed by atoms with Crippen LogP contribution >= 0.6 is 11.8 Å². The van der Waals surface area contributed by atoms with E-state index in [0.29, 0.717) is 24.7 Å². The summed E-state index contributed by atoms with van der Waals surface area (Å²) >= 11 is 1.83. The highest BCUT2D eigenvalue weighted by Gasteiger charge is 2.19. The van der Waals surface area contributed by atoms with E-state index >= 15 is 0 Å². The molecule has 2 nitrogen and oxygen atoms in total. The molecule has 25 heavy (non-hydrogen) atoms. The smallest absolute Gasteiger partial charge is 0.137 e. The van der Waals surface area contributed by atoms with Crippen LogP contribution in [0.1, 0.15) is 72.1 Å². The summed E-state index contributed by atoms with van der Waals surface area (Å²) in [5.41, 5.74) is 1.29. The minimum Gasteiger partial charge on any atom is -0.497 e. The number of hydrogen-bond donors (Lipinski definition) is 0. The van der Waals surface area contributed by atoms with Crippen molar-refractivity contribution in [1.82, 2.24) is 0 Å². The predicted molar refractivity (Wildman–Crippen MR) is 109 cm³/mol. The van der Waals surface area contributed by atoms with Gasteiger partial charge in [0.05, 0.1) is 12.4 Å². The molecule has 2 aliphatic carbocycles. The topological polar surface area (TPSA) is 26.3 Å². The molecule has 0 radical (unpaired) electrons. The molecule has 0 N–H and O–H groups in total. The Morgan fingerprint density at radius 1 is 1.24 bits per heavy atom. The minimum absolute atomic E-state index is 0.00468. The molecule has 0 aromatic heterocycles. The van der Waals surface area contributed by atoms with Gasteiger partial charge < -0.3 is 4.74 Å². The molecule has 0 bridgehead atoms. The van der Waals surface area contributed by atoms with E-state index in [4.69, 9.17) is 4.74 Å². The Labute approximate surface area is 158 Å². The molecule has 3 heteroatoms. The molecular weight excluding hydrogens is 328 g/mol. The van der Waals surface area contributed by atoms with Gasteiger partial charge in [0.15, 0.2) is 0 Å². The van der Waals surface area contributed by atoms with Crippen molar-refractivity contribution in [2.24, 2.45) is 11.3 Å². The monoisotopic (exact) mass is 362 g/mol. The van der Waals surface area contributed by atoms with Crippen LogP contribution in [0.15, 0.2) is 35.0 Å². The SMILES string of the molecule is C=C(OCCSC1=CC=C(CC(=O)CC2CCCCC2)C1)C(C)(C)C. The Kier molecular flexibility index (Phi) is 7.86. The summed E-state index contributed by atoms with van der Waals surface area (Å²) in [4.78, 5) is 13.7. The van der Waals surface area contributed by atoms with Crippen LogP contribution in [0.4, 0.5) is 0 Å². The Balaban J connectivity index is 1.59. The fraction of sp³-hybridized carbons (Fsp3) is 0.682. The average Bonchev–Trinajstić information content (AvgIpc) is 2.98. The molecule has 0 aromatic carbocycles. The first-order chi connectivity index (χ1) is 11.8. The van der Waals surface area contributed by atoms with Crippen molar-refractivity contribution in [1.29, 1.82) is 0 Å². The van der Waals surface area contributed by atoms with Crippen molar-refractivity contribution in [3.05, 3.63) is 35.0 Å². The van der Waals surface area contributed by atoms with Gasteiger partial charge in [0.2, 0.25) is 0 Å². The fourth-order valence-electron chi connectivity index (χ4n) is 3.37. The van der Waals surface area contributed by atoms with E-state index in [-0.39, 0.29) is 5.41 Å². The normalized spacial score (nSPS) is 18.7. The van der Waals surface area contributed by atoms with E-state index < -0.39 is 0 Å². The van der Waals surface area contributed by atoms with Gasteiger partial charge in [-0.1, -0.05) is 77.2 Å². The predicted octanol–water partition coefficient (Wildman–Crippen LogP) is 6.44. The lowest BCUT2D eigenvalue weighted by molar-refractivity contribution is -0.119. The Bertz CT molecular complexity index is 531. The van der Waals surface area contributed by atoms with Crippen molar-refractivity contribution < 1.29 is 9.53 Å². The molecule has 0 heterocycles. The first-order valence-corrected chi connectivity index (χ1v) is 10.7. The molecule has 1 fully saturated rings. The van der Waals surface area contributed by atoms with E-state index in [1.807, 2.05) is 11.8 Å². The largest absolute Gasteiger partial charge is 0.497 e. The number of ether oxygens (including phenoxy) is 1. The molecule has 0 spiro atoms. The van der Waals surface area contributed by atoms with Crippen LogP contribution in [0, 0.1) is 11.3 Å². The molecule has 1 saturated carbocycles. The van der Waals surface area contributed by atoms with Gasteiger partial charge in [0.25, 0.3) is 0 Å².